The molecule has 0 N–H and O–H groups in total. The summed E-state index contributed by atoms with van der Waals surface area (Å²) < 4.78 is 7.47. The maximum atomic E-state index is 12.9. The molecule has 4 aromatic rings. The Balaban J connectivity index is 1.64. The average molecular weight is 450 g/mol. The largest absolute Gasteiger partial charge is 0.484 e. The Morgan fingerprint density at radius 2 is 1.81 bits per heavy atom. The van der Waals surface area contributed by atoms with Gasteiger partial charge in [-0.25, -0.2) is 4.98 Å². The minimum Gasteiger partial charge on any atom is -0.484 e. The normalized spacial score (nSPS) is 11.8. The van der Waals surface area contributed by atoms with Gasteiger partial charge in [-0.2, -0.15) is 5.26 Å². The summed E-state index contributed by atoms with van der Waals surface area (Å²) in [4.78, 5) is 17.5. The van der Waals surface area contributed by atoms with Gasteiger partial charge in [0.05, 0.1) is 22.1 Å². The molecule has 0 spiro atoms. The molecule has 0 aliphatic carbocycles. The number of aromatic nitrogens is 2. The molecule has 0 saturated heterocycles. The van der Waals surface area contributed by atoms with Crippen LogP contribution >= 0.6 is 23.2 Å². The lowest BCUT2D eigenvalue weighted by atomic mass is 10.1. The number of rotatable bonds is 7. The van der Waals surface area contributed by atoms with E-state index in [2.05, 4.69) is 11.1 Å². The van der Waals surface area contributed by atoms with Gasteiger partial charge in [0, 0.05) is 11.6 Å². The summed E-state index contributed by atoms with van der Waals surface area (Å²) in [6.45, 7) is 0.181. The van der Waals surface area contributed by atoms with Crippen molar-refractivity contribution in [1.82, 2.24) is 9.55 Å². The number of hydrogen-bond acceptors (Lipinski definition) is 4. The zero-order valence-corrected chi connectivity index (χ0v) is 17.8. The quantitative estimate of drug-likeness (QED) is 0.365. The highest BCUT2D eigenvalue weighted by molar-refractivity contribution is 6.35. The van der Waals surface area contributed by atoms with Crippen molar-refractivity contribution in [3.8, 4) is 11.8 Å². The molecule has 154 valence electrons. The second-order valence-electron chi connectivity index (χ2n) is 6.92. The number of nitrogens with zero attached hydrogens (tertiary/aromatic N) is 3. The van der Waals surface area contributed by atoms with Gasteiger partial charge < -0.3 is 9.30 Å². The Labute approximate surface area is 189 Å². The monoisotopic (exact) mass is 449 g/mol. The maximum absolute atomic E-state index is 12.9. The smallest absolute Gasteiger partial charge is 0.194 e. The molecule has 31 heavy (non-hydrogen) atoms. The molecule has 1 aromatic heterocycles. The first-order valence-electron chi connectivity index (χ1n) is 9.56. The molecule has 1 heterocycles. The van der Waals surface area contributed by atoms with Crippen LogP contribution in [0, 0.1) is 11.3 Å². The molecule has 1 unspecified atom stereocenters. The van der Waals surface area contributed by atoms with Crippen molar-refractivity contribution in [3.05, 3.63) is 94.2 Å². The van der Waals surface area contributed by atoms with Crippen LogP contribution in [0.15, 0.2) is 72.8 Å². The van der Waals surface area contributed by atoms with Crippen LogP contribution in [0.3, 0.4) is 0 Å². The number of ketones is 1. The Morgan fingerprint density at radius 3 is 2.55 bits per heavy atom. The maximum Gasteiger partial charge on any atom is 0.194 e. The molecular formula is C24H17Cl2N3O2. The SMILES string of the molecule is N#CC(C(=O)COc1ccc(Cl)cc1Cl)c1nc2ccccc2n1Cc1ccccc1. The summed E-state index contributed by atoms with van der Waals surface area (Å²) in [7, 11) is 0. The lowest BCUT2D eigenvalue weighted by molar-refractivity contribution is -0.121. The second kappa shape index (κ2) is 9.22. The van der Waals surface area contributed by atoms with E-state index in [1.165, 1.54) is 6.07 Å². The summed E-state index contributed by atoms with van der Waals surface area (Å²) in [5.74, 6) is -0.766. The zero-order valence-electron chi connectivity index (χ0n) is 16.3. The lowest BCUT2D eigenvalue weighted by Crippen LogP contribution is -2.22. The first-order valence-corrected chi connectivity index (χ1v) is 10.3. The van der Waals surface area contributed by atoms with Crippen LogP contribution in [0.25, 0.3) is 11.0 Å². The molecule has 7 heteroatoms. The van der Waals surface area contributed by atoms with Gasteiger partial charge >= 0.3 is 0 Å². The van der Waals surface area contributed by atoms with E-state index in [4.69, 9.17) is 27.9 Å². The highest BCUT2D eigenvalue weighted by Crippen LogP contribution is 2.28. The molecule has 5 nitrogen and oxygen atoms in total. The predicted octanol–water partition coefficient (Wildman–Crippen LogP) is 5.65. The molecule has 0 bridgehead atoms. The number of hydrogen-bond donors (Lipinski definition) is 0. The highest BCUT2D eigenvalue weighted by Gasteiger charge is 2.27. The number of fused-ring (bicyclic) bond motifs is 1. The fraction of sp³-hybridized carbons (Fsp3) is 0.125. The van der Waals surface area contributed by atoms with Crippen molar-refractivity contribution in [2.45, 2.75) is 12.5 Å². The van der Waals surface area contributed by atoms with E-state index in [1.807, 2.05) is 59.2 Å². The molecule has 0 aliphatic rings. The number of nitriles is 1. The van der Waals surface area contributed by atoms with E-state index < -0.39 is 11.7 Å². The van der Waals surface area contributed by atoms with E-state index in [0.717, 1.165) is 16.6 Å². The Hall–Kier alpha value is -3.33. The Bertz CT molecular complexity index is 1280. The van der Waals surface area contributed by atoms with Crippen molar-refractivity contribution in [2.24, 2.45) is 0 Å². The zero-order chi connectivity index (χ0) is 21.8. The van der Waals surface area contributed by atoms with Gasteiger partial charge in [0.15, 0.2) is 11.7 Å². The van der Waals surface area contributed by atoms with E-state index in [1.54, 1.807) is 12.1 Å². The average Bonchev–Trinajstić information content (AvgIpc) is 3.12. The Kier molecular flexibility index (Phi) is 6.22. The van der Waals surface area contributed by atoms with Crippen LogP contribution in [0.1, 0.15) is 17.3 Å². The lowest BCUT2D eigenvalue weighted by Gasteiger charge is -2.14. The summed E-state index contributed by atoms with van der Waals surface area (Å²) in [5.41, 5.74) is 2.62. The number of imidazole rings is 1. The third-order valence-corrected chi connectivity index (χ3v) is 5.37. The van der Waals surface area contributed by atoms with Gasteiger partial charge in [-0.3, -0.25) is 4.79 Å². The van der Waals surface area contributed by atoms with Crippen LogP contribution < -0.4 is 4.74 Å². The van der Waals surface area contributed by atoms with Crippen molar-refractivity contribution in [3.63, 3.8) is 0 Å². The summed E-state index contributed by atoms with van der Waals surface area (Å²) in [6, 6.07) is 24.2. The molecule has 0 radical (unpaired) electrons. The van der Waals surface area contributed by atoms with Gasteiger partial charge in [-0.05, 0) is 35.9 Å². The minimum atomic E-state index is -1.08. The van der Waals surface area contributed by atoms with Gasteiger partial charge in [0.1, 0.15) is 18.2 Å². The van der Waals surface area contributed by atoms with Crippen molar-refractivity contribution in [2.75, 3.05) is 6.61 Å². The van der Waals surface area contributed by atoms with Gasteiger partial charge in [-0.1, -0.05) is 65.7 Å². The minimum absolute atomic E-state index is 0.296. The summed E-state index contributed by atoms with van der Waals surface area (Å²) >= 11 is 12.0. The highest BCUT2D eigenvalue weighted by atomic mass is 35.5. The number of halogens is 2. The number of ether oxygens (including phenoxy) is 1. The van der Waals surface area contributed by atoms with Crippen molar-refractivity contribution in [1.29, 1.82) is 5.26 Å². The molecule has 0 amide bonds. The van der Waals surface area contributed by atoms with E-state index in [9.17, 15) is 10.1 Å². The molecule has 0 saturated carbocycles. The summed E-state index contributed by atoms with van der Waals surface area (Å²) in [6.07, 6.45) is 0. The predicted molar refractivity (Wildman–Crippen MR) is 121 cm³/mol. The number of para-hydroxylation sites is 2. The third-order valence-electron chi connectivity index (χ3n) is 4.84. The molecule has 0 fully saturated rings. The number of carbonyl (C=O) groups excluding carboxylic acids is 1. The first kappa shape index (κ1) is 20.9. The van der Waals surface area contributed by atoms with Crippen LogP contribution in [0.5, 0.6) is 5.75 Å². The summed E-state index contributed by atoms with van der Waals surface area (Å²) in [5, 5.41) is 10.6. The topological polar surface area (TPSA) is 67.9 Å². The number of benzene rings is 3. The van der Waals surface area contributed by atoms with Gasteiger partial charge in [0.2, 0.25) is 0 Å². The fourth-order valence-corrected chi connectivity index (χ4v) is 3.81. The third kappa shape index (κ3) is 4.56. The van der Waals surface area contributed by atoms with E-state index in [0.29, 0.717) is 28.2 Å². The van der Waals surface area contributed by atoms with Gasteiger partial charge in [0.25, 0.3) is 0 Å². The van der Waals surface area contributed by atoms with Crippen LogP contribution in [-0.2, 0) is 11.3 Å². The van der Waals surface area contributed by atoms with E-state index >= 15 is 0 Å². The van der Waals surface area contributed by atoms with E-state index in [-0.39, 0.29) is 6.61 Å². The van der Waals surface area contributed by atoms with Crippen LogP contribution in [0.2, 0.25) is 10.0 Å². The first-order chi connectivity index (χ1) is 15.1. The molecule has 0 aliphatic heterocycles. The number of carbonyl (C=O) groups is 1. The van der Waals surface area contributed by atoms with Gasteiger partial charge in [-0.15, -0.1) is 0 Å². The molecule has 1 atom stereocenters. The van der Waals surface area contributed by atoms with Crippen molar-refractivity contribution < 1.29 is 9.53 Å². The molecule has 3 aromatic carbocycles. The molecular weight excluding hydrogens is 433 g/mol. The van der Waals surface area contributed by atoms with Crippen LogP contribution in [0.4, 0.5) is 0 Å². The van der Waals surface area contributed by atoms with Crippen LogP contribution in [-0.4, -0.2) is 21.9 Å². The Morgan fingerprint density at radius 1 is 1.06 bits per heavy atom. The second-order valence-corrected chi connectivity index (χ2v) is 7.77. The number of Topliss-reactive ketones (excluding diaryl/α,β-unsaturated/α-hetero) is 1. The fourth-order valence-electron chi connectivity index (χ4n) is 3.34. The standard InChI is InChI=1S/C24H17Cl2N3O2/c25-17-10-11-23(19(26)12-17)31-15-22(30)18(13-27)24-28-20-8-4-5-9-21(20)29(24)14-16-6-2-1-3-7-16/h1-12,18H,14-15H2. The van der Waals surface area contributed by atoms with Crippen molar-refractivity contribution >= 4 is 40.0 Å². The molecule has 4 rings (SSSR count).